The molecular weight excluding hydrogens is 362 g/mol. The van der Waals surface area contributed by atoms with Gasteiger partial charge in [-0.15, -0.1) is 0 Å². The predicted octanol–water partition coefficient (Wildman–Crippen LogP) is 3.74. The van der Waals surface area contributed by atoms with Gasteiger partial charge in [0.2, 0.25) is 0 Å². The van der Waals surface area contributed by atoms with Gasteiger partial charge in [-0.3, -0.25) is 14.3 Å². The summed E-state index contributed by atoms with van der Waals surface area (Å²) in [6, 6.07) is 9.42. The topological polar surface area (TPSA) is 60.7 Å². The van der Waals surface area contributed by atoms with E-state index in [4.69, 9.17) is 0 Å². The first kappa shape index (κ1) is 17.9. The van der Waals surface area contributed by atoms with Crippen LogP contribution in [0, 0.1) is 11.6 Å². The Morgan fingerprint density at radius 3 is 2.50 bits per heavy atom. The van der Waals surface area contributed by atoms with Crippen LogP contribution in [0.2, 0.25) is 0 Å². The highest BCUT2D eigenvalue weighted by molar-refractivity contribution is 5.69. The Balaban J connectivity index is 1.78. The summed E-state index contributed by atoms with van der Waals surface area (Å²) in [6.07, 6.45) is 4.97. The second kappa shape index (κ2) is 7.26. The second-order valence-electron chi connectivity index (χ2n) is 6.34. The molecule has 0 saturated heterocycles. The summed E-state index contributed by atoms with van der Waals surface area (Å²) >= 11 is 0. The molecule has 0 atom stereocenters. The van der Waals surface area contributed by atoms with E-state index in [1.54, 1.807) is 30.5 Å². The fourth-order valence-corrected chi connectivity index (χ4v) is 3.08. The Kier molecular flexibility index (Phi) is 4.65. The standard InChI is InChI=1S/C21H16F2N4O/c1-2-15-8-13(5-7-24-15)14-9-17(22)16(18(23)10-14)12-27-20(28)11-26-19-4-3-6-25-21(19)27/h3-11H,2,12H2,1H3. The Bertz CT molecular complexity index is 1210. The van der Waals surface area contributed by atoms with Crippen LogP contribution in [0.25, 0.3) is 22.3 Å². The van der Waals surface area contributed by atoms with Crippen molar-refractivity contribution in [2.75, 3.05) is 0 Å². The summed E-state index contributed by atoms with van der Waals surface area (Å²) in [5.74, 6) is -1.45. The van der Waals surface area contributed by atoms with Crippen LogP contribution in [0.5, 0.6) is 0 Å². The molecule has 0 unspecified atom stereocenters. The van der Waals surface area contributed by atoms with Crippen LogP contribution in [-0.2, 0) is 13.0 Å². The molecule has 0 radical (unpaired) electrons. The summed E-state index contributed by atoms with van der Waals surface area (Å²) in [7, 11) is 0. The maximum atomic E-state index is 14.8. The van der Waals surface area contributed by atoms with Crippen LogP contribution in [0.15, 0.2) is 59.8 Å². The lowest BCUT2D eigenvalue weighted by Crippen LogP contribution is -2.23. The lowest BCUT2D eigenvalue weighted by atomic mass is 10.0. The minimum Gasteiger partial charge on any atom is -0.285 e. The molecule has 4 rings (SSSR count). The van der Waals surface area contributed by atoms with Crippen molar-refractivity contribution in [1.82, 2.24) is 19.5 Å². The number of aromatic nitrogens is 4. The average molecular weight is 378 g/mol. The van der Waals surface area contributed by atoms with E-state index in [-0.39, 0.29) is 17.8 Å². The Morgan fingerprint density at radius 1 is 0.964 bits per heavy atom. The smallest absolute Gasteiger partial charge is 0.270 e. The first-order chi connectivity index (χ1) is 13.6. The monoisotopic (exact) mass is 378 g/mol. The zero-order valence-corrected chi connectivity index (χ0v) is 15.1. The SMILES string of the molecule is CCc1cc(-c2cc(F)c(Cn3c(=O)cnc4cccnc43)c(F)c2)ccn1. The summed E-state index contributed by atoms with van der Waals surface area (Å²) < 4.78 is 30.8. The number of hydrogen-bond acceptors (Lipinski definition) is 4. The number of nitrogens with zero attached hydrogens (tertiary/aromatic N) is 4. The quantitative estimate of drug-likeness (QED) is 0.543. The third-order valence-electron chi connectivity index (χ3n) is 4.57. The van der Waals surface area contributed by atoms with E-state index in [0.29, 0.717) is 16.6 Å². The number of hydrogen-bond donors (Lipinski definition) is 0. The van der Waals surface area contributed by atoms with E-state index < -0.39 is 17.2 Å². The number of halogens is 2. The van der Waals surface area contributed by atoms with Gasteiger partial charge in [-0.1, -0.05) is 6.92 Å². The summed E-state index contributed by atoms with van der Waals surface area (Å²) in [5, 5.41) is 0. The van der Waals surface area contributed by atoms with Crippen LogP contribution in [0.4, 0.5) is 8.78 Å². The van der Waals surface area contributed by atoms with E-state index in [9.17, 15) is 13.6 Å². The molecule has 0 aliphatic rings. The third kappa shape index (κ3) is 3.26. The summed E-state index contributed by atoms with van der Waals surface area (Å²) in [6.45, 7) is 1.69. The molecule has 0 aliphatic carbocycles. The molecular formula is C21H16F2N4O. The minimum absolute atomic E-state index is 0.200. The summed E-state index contributed by atoms with van der Waals surface area (Å²) in [5.41, 5.74) is 2.01. The molecule has 5 nitrogen and oxygen atoms in total. The zero-order valence-electron chi connectivity index (χ0n) is 15.1. The Labute approximate surface area is 159 Å². The van der Waals surface area contributed by atoms with E-state index in [2.05, 4.69) is 15.0 Å². The van der Waals surface area contributed by atoms with Gasteiger partial charge in [-0.05, 0) is 53.9 Å². The van der Waals surface area contributed by atoms with E-state index in [1.165, 1.54) is 22.9 Å². The van der Waals surface area contributed by atoms with E-state index in [1.807, 2.05) is 6.92 Å². The Hall–Kier alpha value is -3.48. The number of benzene rings is 1. The molecule has 0 amide bonds. The van der Waals surface area contributed by atoms with Crippen LogP contribution in [0.1, 0.15) is 18.2 Å². The van der Waals surface area contributed by atoms with E-state index in [0.717, 1.165) is 18.3 Å². The number of pyridine rings is 2. The number of fused-ring (bicyclic) bond motifs is 1. The van der Waals surface area contributed by atoms with Crippen molar-refractivity contribution in [2.45, 2.75) is 19.9 Å². The molecule has 0 bridgehead atoms. The molecule has 0 spiro atoms. The lowest BCUT2D eigenvalue weighted by molar-refractivity contribution is 0.544. The van der Waals surface area contributed by atoms with Crippen LogP contribution in [0.3, 0.4) is 0 Å². The van der Waals surface area contributed by atoms with Crippen molar-refractivity contribution in [1.29, 1.82) is 0 Å². The molecule has 3 aromatic heterocycles. The van der Waals surface area contributed by atoms with Gasteiger partial charge in [0.15, 0.2) is 5.65 Å². The maximum absolute atomic E-state index is 14.8. The largest absolute Gasteiger partial charge is 0.285 e. The average Bonchev–Trinajstić information content (AvgIpc) is 2.72. The first-order valence-corrected chi connectivity index (χ1v) is 8.80. The van der Waals surface area contributed by atoms with Crippen LogP contribution < -0.4 is 5.56 Å². The molecule has 140 valence electrons. The fourth-order valence-electron chi connectivity index (χ4n) is 3.08. The Morgan fingerprint density at radius 2 is 1.75 bits per heavy atom. The fraction of sp³-hybridized carbons (Fsp3) is 0.143. The highest BCUT2D eigenvalue weighted by Gasteiger charge is 2.15. The lowest BCUT2D eigenvalue weighted by Gasteiger charge is -2.12. The van der Waals surface area contributed by atoms with Crippen molar-refractivity contribution in [3.8, 4) is 11.1 Å². The highest BCUT2D eigenvalue weighted by atomic mass is 19.1. The number of aryl methyl sites for hydroxylation is 1. The van der Waals surface area contributed by atoms with Crippen molar-refractivity contribution in [3.05, 3.63) is 88.2 Å². The highest BCUT2D eigenvalue weighted by Crippen LogP contribution is 2.25. The van der Waals surface area contributed by atoms with Gasteiger partial charge in [0, 0.05) is 23.7 Å². The minimum atomic E-state index is -0.724. The van der Waals surface area contributed by atoms with Gasteiger partial charge < -0.3 is 0 Å². The van der Waals surface area contributed by atoms with E-state index >= 15 is 0 Å². The molecule has 28 heavy (non-hydrogen) atoms. The molecule has 0 fully saturated rings. The van der Waals surface area contributed by atoms with Gasteiger partial charge in [0.1, 0.15) is 17.2 Å². The second-order valence-corrected chi connectivity index (χ2v) is 6.34. The van der Waals surface area contributed by atoms with Crippen molar-refractivity contribution in [3.63, 3.8) is 0 Å². The van der Waals surface area contributed by atoms with Gasteiger partial charge >= 0.3 is 0 Å². The van der Waals surface area contributed by atoms with Crippen molar-refractivity contribution < 1.29 is 8.78 Å². The molecule has 0 N–H and O–H groups in total. The van der Waals surface area contributed by atoms with Gasteiger partial charge in [-0.2, -0.15) is 0 Å². The van der Waals surface area contributed by atoms with Crippen molar-refractivity contribution >= 4 is 11.2 Å². The normalized spacial score (nSPS) is 11.1. The van der Waals surface area contributed by atoms with Gasteiger partial charge in [-0.25, -0.2) is 18.7 Å². The molecule has 1 aromatic carbocycles. The van der Waals surface area contributed by atoms with Crippen LogP contribution >= 0.6 is 0 Å². The molecule has 0 aliphatic heterocycles. The third-order valence-corrected chi connectivity index (χ3v) is 4.57. The molecule has 7 heteroatoms. The number of rotatable bonds is 4. The molecule has 3 heterocycles. The van der Waals surface area contributed by atoms with Gasteiger partial charge in [0.05, 0.1) is 12.7 Å². The predicted molar refractivity (Wildman–Crippen MR) is 102 cm³/mol. The summed E-state index contributed by atoms with van der Waals surface area (Å²) in [4.78, 5) is 24.6. The van der Waals surface area contributed by atoms with Crippen molar-refractivity contribution in [2.24, 2.45) is 0 Å². The molecule has 0 saturated carbocycles. The maximum Gasteiger partial charge on any atom is 0.270 e. The first-order valence-electron chi connectivity index (χ1n) is 8.80. The molecule has 4 aromatic rings. The van der Waals surface area contributed by atoms with Crippen LogP contribution in [-0.4, -0.2) is 19.5 Å². The van der Waals surface area contributed by atoms with Gasteiger partial charge in [0.25, 0.3) is 5.56 Å². The zero-order chi connectivity index (χ0) is 19.7.